The number of benzene rings is 2. The van der Waals surface area contributed by atoms with Gasteiger partial charge >= 0.3 is 0 Å². The monoisotopic (exact) mass is 499 g/mol. The number of carbonyl (C=O) groups is 1. The number of alkyl halides is 2. The highest BCUT2D eigenvalue weighted by Crippen LogP contribution is 2.45. The quantitative estimate of drug-likeness (QED) is 0.365. The van der Waals surface area contributed by atoms with Gasteiger partial charge < -0.3 is 5.32 Å². The SMILES string of the molecule is O=C(Cn1nc(C(F)F)c(Br)c1C1CC1)Nc1ccn(Cc2cccc3ccccc23)n1. The van der Waals surface area contributed by atoms with Gasteiger partial charge in [-0.2, -0.15) is 10.2 Å². The van der Waals surface area contributed by atoms with Crippen LogP contribution in [0.5, 0.6) is 0 Å². The van der Waals surface area contributed by atoms with E-state index in [2.05, 4.69) is 55.7 Å². The molecule has 1 aliphatic rings. The van der Waals surface area contributed by atoms with E-state index in [0.717, 1.165) is 29.2 Å². The zero-order chi connectivity index (χ0) is 22.2. The third-order valence-corrected chi connectivity index (χ3v) is 6.35. The number of halogens is 3. The molecule has 2 heterocycles. The molecular formula is C23H20BrF2N5O. The van der Waals surface area contributed by atoms with Crippen molar-refractivity contribution in [2.45, 2.75) is 38.3 Å². The molecule has 6 nitrogen and oxygen atoms in total. The van der Waals surface area contributed by atoms with Crippen LogP contribution in [0.25, 0.3) is 10.8 Å². The number of fused-ring (bicyclic) bond motifs is 1. The van der Waals surface area contributed by atoms with Crippen LogP contribution >= 0.6 is 15.9 Å². The molecular weight excluding hydrogens is 480 g/mol. The first-order valence-corrected chi connectivity index (χ1v) is 11.1. The van der Waals surface area contributed by atoms with Crippen LogP contribution in [0.3, 0.4) is 0 Å². The Labute approximate surface area is 191 Å². The average Bonchev–Trinajstić information content (AvgIpc) is 3.42. The molecule has 2 aromatic heterocycles. The van der Waals surface area contributed by atoms with E-state index in [4.69, 9.17) is 0 Å². The van der Waals surface area contributed by atoms with E-state index in [1.807, 2.05) is 18.2 Å². The molecule has 0 aliphatic heterocycles. The molecule has 0 radical (unpaired) electrons. The van der Waals surface area contributed by atoms with Crippen molar-refractivity contribution in [3.63, 3.8) is 0 Å². The van der Waals surface area contributed by atoms with Gasteiger partial charge in [0.1, 0.15) is 12.2 Å². The molecule has 1 saturated carbocycles. The number of amides is 1. The lowest BCUT2D eigenvalue weighted by atomic mass is 10.0. The van der Waals surface area contributed by atoms with Crippen molar-refractivity contribution in [3.8, 4) is 0 Å². The fourth-order valence-electron chi connectivity index (χ4n) is 3.92. The van der Waals surface area contributed by atoms with Gasteiger partial charge in [-0.1, -0.05) is 42.5 Å². The van der Waals surface area contributed by atoms with Crippen LogP contribution in [0.4, 0.5) is 14.6 Å². The van der Waals surface area contributed by atoms with Gasteiger partial charge in [-0.25, -0.2) is 8.78 Å². The third-order valence-electron chi connectivity index (χ3n) is 5.54. The molecule has 0 unspecified atom stereocenters. The summed E-state index contributed by atoms with van der Waals surface area (Å²) < 4.78 is 29.9. The highest BCUT2D eigenvalue weighted by Gasteiger charge is 2.34. The summed E-state index contributed by atoms with van der Waals surface area (Å²) in [5.74, 6) is 0.207. The number of rotatable bonds is 7. The minimum atomic E-state index is -2.70. The molecule has 0 bridgehead atoms. The summed E-state index contributed by atoms with van der Waals surface area (Å²) in [6.07, 6.45) is 0.920. The van der Waals surface area contributed by atoms with E-state index in [1.54, 1.807) is 16.9 Å². The summed E-state index contributed by atoms with van der Waals surface area (Å²) in [5.41, 5.74) is 1.47. The predicted molar refractivity (Wildman–Crippen MR) is 121 cm³/mol. The number of carbonyl (C=O) groups excluding carboxylic acids is 1. The molecule has 5 rings (SSSR count). The minimum Gasteiger partial charge on any atom is -0.308 e. The highest BCUT2D eigenvalue weighted by molar-refractivity contribution is 9.10. The Morgan fingerprint density at radius 3 is 2.69 bits per heavy atom. The van der Waals surface area contributed by atoms with Gasteiger partial charge in [0, 0.05) is 18.2 Å². The first-order chi connectivity index (χ1) is 15.5. The fourth-order valence-corrected chi connectivity index (χ4v) is 4.70. The van der Waals surface area contributed by atoms with Crippen LogP contribution in [-0.4, -0.2) is 25.5 Å². The Morgan fingerprint density at radius 2 is 1.91 bits per heavy atom. The molecule has 1 N–H and O–H groups in total. The van der Waals surface area contributed by atoms with Crippen molar-refractivity contribution in [2.24, 2.45) is 0 Å². The molecule has 9 heteroatoms. The lowest BCUT2D eigenvalue weighted by Crippen LogP contribution is -2.21. The van der Waals surface area contributed by atoms with Gasteiger partial charge in [-0.3, -0.25) is 14.2 Å². The number of nitrogens with zero attached hydrogens (tertiary/aromatic N) is 4. The summed E-state index contributed by atoms with van der Waals surface area (Å²) in [4.78, 5) is 12.6. The molecule has 0 atom stereocenters. The van der Waals surface area contributed by atoms with Crippen molar-refractivity contribution in [1.29, 1.82) is 0 Å². The number of nitrogens with one attached hydrogen (secondary N) is 1. The smallest absolute Gasteiger partial charge is 0.283 e. The average molecular weight is 500 g/mol. The van der Waals surface area contributed by atoms with Crippen molar-refractivity contribution in [1.82, 2.24) is 19.6 Å². The molecule has 2 aromatic carbocycles. The molecule has 1 aliphatic carbocycles. The highest BCUT2D eigenvalue weighted by atomic mass is 79.9. The molecule has 164 valence electrons. The zero-order valence-corrected chi connectivity index (χ0v) is 18.6. The maximum absolute atomic E-state index is 13.2. The van der Waals surface area contributed by atoms with E-state index in [9.17, 15) is 13.6 Å². The van der Waals surface area contributed by atoms with Gasteiger partial charge in [-0.15, -0.1) is 0 Å². The van der Waals surface area contributed by atoms with Crippen LogP contribution in [0, 0.1) is 0 Å². The number of aromatic nitrogens is 4. The van der Waals surface area contributed by atoms with Gasteiger partial charge in [0.05, 0.1) is 16.7 Å². The molecule has 0 saturated heterocycles. The normalized spacial score (nSPS) is 13.8. The minimum absolute atomic E-state index is 0.145. The van der Waals surface area contributed by atoms with Gasteiger partial charge in [0.2, 0.25) is 5.91 Å². The van der Waals surface area contributed by atoms with Crippen molar-refractivity contribution >= 4 is 38.4 Å². The lowest BCUT2D eigenvalue weighted by Gasteiger charge is -2.08. The maximum Gasteiger partial charge on any atom is 0.283 e. The fraction of sp³-hybridized carbons (Fsp3) is 0.261. The van der Waals surface area contributed by atoms with Gasteiger partial charge in [0.15, 0.2) is 5.82 Å². The maximum atomic E-state index is 13.2. The van der Waals surface area contributed by atoms with Crippen LogP contribution in [0.1, 0.15) is 42.1 Å². The Bertz CT molecular complexity index is 1290. The van der Waals surface area contributed by atoms with Crippen molar-refractivity contribution in [3.05, 3.63) is 76.2 Å². The molecule has 4 aromatic rings. The Hall–Kier alpha value is -3.07. The third kappa shape index (κ3) is 4.17. The first-order valence-electron chi connectivity index (χ1n) is 10.3. The van der Waals surface area contributed by atoms with Crippen LogP contribution in [0.15, 0.2) is 59.2 Å². The summed E-state index contributed by atoms with van der Waals surface area (Å²) in [7, 11) is 0. The zero-order valence-electron chi connectivity index (χ0n) is 17.0. The number of hydrogen-bond donors (Lipinski definition) is 1. The van der Waals surface area contributed by atoms with E-state index < -0.39 is 6.43 Å². The van der Waals surface area contributed by atoms with Crippen LogP contribution in [0.2, 0.25) is 0 Å². The van der Waals surface area contributed by atoms with E-state index in [1.165, 1.54) is 4.68 Å². The van der Waals surface area contributed by atoms with E-state index in [-0.39, 0.29) is 24.1 Å². The first kappa shape index (κ1) is 20.8. The van der Waals surface area contributed by atoms with Gasteiger partial charge in [-0.05, 0) is 45.1 Å². The Balaban J connectivity index is 1.29. The standard InChI is InChI=1S/C23H20BrF2N5O/c24-20-21(23(25)26)29-31(22(20)15-8-9-15)13-19(32)27-18-10-11-30(28-18)12-16-6-3-5-14-4-1-2-7-17(14)16/h1-7,10-11,15,23H,8-9,12-13H2,(H,27,28,32). The van der Waals surface area contributed by atoms with E-state index >= 15 is 0 Å². The molecule has 32 heavy (non-hydrogen) atoms. The molecule has 0 spiro atoms. The van der Waals surface area contributed by atoms with Crippen LogP contribution < -0.4 is 5.32 Å². The Morgan fingerprint density at radius 1 is 1.12 bits per heavy atom. The van der Waals surface area contributed by atoms with Gasteiger partial charge in [0.25, 0.3) is 6.43 Å². The molecule has 1 amide bonds. The number of anilines is 1. The van der Waals surface area contributed by atoms with Crippen molar-refractivity contribution in [2.75, 3.05) is 5.32 Å². The predicted octanol–water partition coefficient (Wildman–Crippen LogP) is 5.50. The summed E-state index contributed by atoms with van der Waals surface area (Å²) in [5, 5.41) is 13.5. The summed E-state index contributed by atoms with van der Waals surface area (Å²) >= 11 is 3.24. The number of hydrogen-bond acceptors (Lipinski definition) is 3. The topological polar surface area (TPSA) is 64.7 Å². The summed E-state index contributed by atoms with van der Waals surface area (Å²) in [6, 6.07) is 16.0. The lowest BCUT2D eigenvalue weighted by molar-refractivity contribution is -0.117. The van der Waals surface area contributed by atoms with E-state index in [0.29, 0.717) is 22.5 Å². The second-order valence-corrected chi connectivity index (χ2v) is 8.70. The molecule has 1 fully saturated rings. The largest absolute Gasteiger partial charge is 0.308 e. The second kappa shape index (κ2) is 8.46. The summed E-state index contributed by atoms with van der Waals surface area (Å²) in [6.45, 7) is 0.417. The Kier molecular flexibility index (Phi) is 5.50. The second-order valence-electron chi connectivity index (χ2n) is 7.90. The van der Waals surface area contributed by atoms with Crippen LogP contribution in [-0.2, 0) is 17.9 Å². The van der Waals surface area contributed by atoms with Crippen molar-refractivity contribution < 1.29 is 13.6 Å².